The molecule has 1 aromatic carbocycles. The third-order valence-electron chi connectivity index (χ3n) is 7.47. The zero-order chi connectivity index (χ0) is 26.7. The number of nitrogens with zero attached hydrogens (tertiary/aromatic N) is 4. The molecule has 2 aliphatic rings. The van der Waals surface area contributed by atoms with E-state index < -0.39 is 11.7 Å². The van der Waals surface area contributed by atoms with Crippen molar-refractivity contribution >= 4 is 28.5 Å². The monoisotopic (exact) mass is 520 g/mol. The highest BCUT2D eigenvalue weighted by Crippen LogP contribution is 2.33. The van der Waals surface area contributed by atoms with Gasteiger partial charge in [-0.3, -0.25) is 14.5 Å². The first-order chi connectivity index (χ1) is 17.5. The van der Waals surface area contributed by atoms with Gasteiger partial charge in [0.25, 0.3) is 0 Å². The van der Waals surface area contributed by atoms with Gasteiger partial charge in [0.2, 0.25) is 11.8 Å². The number of hydrogen-bond acceptors (Lipinski definition) is 6. The van der Waals surface area contributed by atoms with Crippen molar-refractivity contribution in [2.75, 3.05) is 31.5 Å². The van der Waals surface area contributed by atoms with E-state index in [9.17, 15) is 22.8 Å². The summed E-state index contributed by atoms with van der Waals surface area (Å²) in [5.41, 5.74) is -0.421. The minimum atomic E-state index is -4.48. The highest BCUT2D eigenvalue weighted by atomic mass is 19.4. The maximum Gasteiger partial charge on any atom is 0.416 e. The van der Waals surface area contributed by atoms with Crippen molar-refractivity contribution in [3.05, 3.63) is 30.1 Å². The molecule has 11 heteroatoms. The second kappa shape index (κ2) is 11.2. The Kier molecular flexibility index (Phi) is 8.20. The average Bonchev–Trinajstić information content (AvgIpc) is 2.82. The maximum atomic E-state index is 13.1. The summed E-state index contributed by atoms with van der Waals surface area (Å²) in [6, 6.07) is 4.05. The summed E-state index contributed by atoms with van der Waals surface area (Å²) >= 11 is 0. The smallest absolute Gasteiger partial charge is 0.360 e. The second-order valence-corrected chi connectivity index (χ2v) is 10.5. The fourth-order valence-corrected chi connectivity index (χ4v) is 5.39. The number of nitrogens with one attached hydrogen (secondary N) is 2. The number of hydrogen-bond donors (Lipinski definition) is 2. The third kappa shape index (κ3) is 6.68. The topological polar surface area (TPSA) is 90.5 Å². The van der Waals surface area contributed by atoms with E-state index in [1.165, 1.54) is 12.4 Å². The first-order valence-electron chi connectivity index (χ1n) is 12.9. The molecular weight excluding hydrogens is 485 g/mol. The molecular formula is C26H35F3N6O2. The largest absolute Gasteiger partial charge is 0.416 e. The quantitative estimate of drug-likeness (QED) is 0.552. The molecule has 1 aliphatic carbocycles. The van der Waals surface area contributed by atoms with E-state index in [2.05, 4.69) is 39.3 Å². The number of alkyl halides is 3. The van der Waals surface area contributed by atoms with Crippen molar-refractivity contribution in [2.24, 2.45) is 5.92 Å². The van der Waals surface area contributed by atoms with Crippen molar-refractivity contribution in [1.82, 2.24) is 25.1 Å². The van der Waals surface area contributed by atoms with Gasteiger partial charge in [0.1, 0.15) is 12.1 Å². The maximum absolute atomic E-state index is 13.1. The van der Waals surface area contributed by atoms with Gasteiger partial charge >= 0.3 is 6.18 Å². The van der Waals surface area contributed by atoms with E-state index in [0.717, 1.165) is 57.5 Å². The fraction of sp³-hybridized carbons (Fsp3) is 0.615. The highest BCUT2D eigenvalue weighted by Gasteiger charge is 2.36. The summed E-state index contributed by atoms with van der Waals surface area (Å²) < 4.78 is 39.3. The van der Waals surface area contributed by atoms with E-state index in [1.807, 2.05) is 4.90 Å². The molecule has 37 heavy (non-hydrogen) atoms. The van der Waals surface area contributed by atoms with Gasteiger partial charge < -0.3 is 15.5 Å². The Balaban J connectivity index is 1.21. The molecule has 2 amide bonds. The van der Waals surface area contributed by atoms with E-state index in [-0.39, 0.29) is 41.6 Å². The summed E-state index contributed by atoms with van der Waals surface area (Å²) in [5.74, 6) is 0.631. The molecule has 1 aliphatic heterocycles. The molecule has 4 rings (SSSR count). The van der Waals surface area contributed by atoms with Gasteiger partial charge in [-0.05, 0) is 63.6 Å². The number of fused-ring (bicyclic) bond motifs is 1. The molecule has 1 aromatic heterocycles. The standard InChI is InChI=1S/C26H35F3N6O2/c1-16(2)35(17(3)36)12-18-4-7-21(8-5-18)34-13-20(14-34)33-24(37)11-30-25-22-10-19(26(27,28)29)6-9-23(22)31-15-32-25/h6,9-10,15-16,18,20-21H,4-5,7-8,11-14H2,1-3H3,(H,33,37)(H,30,31,32). The van der Waals surface area contributed by atoms with Crippen LogP contribution in [0.2, 0.25) is 0 Å². The van der Waals surface area contributed by atoms with Crippen LogP contribution in [0.4, 0.5) is 19.0 Å². The molecule has 2 aromatic rings. The lowest BCUT2D eigenvalue weighted by molar-refractivity contribution is -0.137. The molecule has 202 valence electrons. The Morgan fingerprint density at radius 3 is 2.46 bits per heavy atom. The zero-order valence-electron chi connectivity index (χ0n) is 21.5. The number of carbonyl (C=O) groups is 2. The fourth-order valence-electron chi connectivity index (χ4n) is 5.39. The summed E-state index contributed by atoms with van der Waals surface area (Å²) in [4.78, 5) is 36.7. The van der Waals surface area contributed by atoms with Crippen LogP contribution in [0.1, 0.15) is 52.0 Å². The van der Waals surface area contributed by atoms with E-state index in [4.69, 9.17) is 0 Å². The van der Waals surface area contributed by atoms with Gasteiger partial charge in [-0.15, -0.1) is 0 Å². The predicted molar refractivity (Wildman–Crippen MR) is 135 cm³/mol. The number of amides is 2. The Morgan fingerprint density at radius 2 is 1.84 bits per heavy atom. The van der Waals surface area contributed by atoms with Crippen molar-refractivity contribution in [3.8, 4) is 0 Å². The number of benzene rings is 1. The summed E-state index contributed by atoms with van der Waals surface area (Å²) in [5, 5.41) is 6.06. The van der Waals surface area contributed by atoms with Crippen LogP contribution in [-0.2, 0) is 15.8 Å². The Labute approximate surface area is 215 Å². The Hall–Kier alpha value is -2.95. The van der Waals surface area contributed by atoms with Gasteiger partial charge in [-0.1, -0.05) is 0 Å². The van der Waals surface area contributed by atoms with Crippen LogP contribution >= 0.6 is 0 Å². The van der Waals surface area contributed by atoms with Crippen LogP contribution in [-0.4, -0.2) is 75.9 Å². The van der Waals surface area contributed by atoms with Gasteiger partial charge in [0.15, 0.2) is 0 Å². The van der Waals surface area contributed by atoms with Crippen molar-refractivity contribution in [3.63, 3.8) is 0 Å². The van der Waals surface area contributed by atoms with Gasteiger partial charge in [0, 0.05) is 44.0 Å². The third-order valence-corrected chi connectivity index (χ3v) is 7.47. The first-order valence-corrected chi connectivity index (χ1v) is 12.9. The molecule has 0 atom stereocenters. The van der Waals surface area contributed by atoms with Gasteiger partial charge in [-0.25, -0.2) is 9.97 Å². The molecule has 0 unspecified atom stereocenters. The summed E-state index contributed by atoms with van der Waals surface area (Å²) in [6.45, 7) is 8.05. The lowest BCUT2D eigenvalue weighted by Crippen LogP contribution is -2.63. The normalized spacial score (nSPS) is 21.1. The van der Waals surface area contributed by atoms with E-state index in [1.54, 1.807) is 6.92 Å². The lowest BCUT2D eigenvalue weighted by atomic mass is 9.83. The van der Waals surface area contributed by atoms with Crippen LogP contribution in [0.5, 0.6) is 0 Å². The molecule has 2 fully saturated rings. The molecule has 1 saturated heterocycles. The lowest BCUT2D eigenvalue weighted by Gasteiger charge is -2.47. The minimum Gasteiger partial charge on any atom is -0.360 e. The Morgan fingerprint density at radius 1 is 1.14 bits per heavy atom. The second-order valence-electron chi connectivity index (χ2n) is 10.5. The predicted octanol–water partition coefficient (Wildman–Crippen LogP) is 3.68. The van der Waals surface area contributed by atoms with Crippen LogP contribution in [0.15, 0.2) is 24.5 Å². The molecule has 1 saturated carbocycles. The van der Waals surface area contributed by atoms with E-state index >= 15 is 0 Å². The van der Waals surface area contributed by atoms with E-state index in [0.29, 0.717) is 17.5 Å². The average molecular weight is 521 g/mol. The minimum absolute atomic E-state index is 0.0557. The molecule has 0 spiro atoms. The number of likely N-dealkylation sites (tertiary alicyclic amines) is 1. The number of anilines is 1. The highest BCUT2D eigenvalue weighted by molar-refractivity contribution is 5.91. The molecule has 2 heterocycles. The molecule has 8 nitrogen and oxygen atoms in total. The van der Waals surface area contributed by atoms with Gasteiger partial charge in [-0.2, -0.15) is 13.2 Å². The van der Waals surface area contributed by atoms with Crippen molar-refractivity contribution in [2.45, 2.75) is 70.8 Å². The number of rotatable bonds is 8. The molecule has 2 N–H and O–H groups in total. The first kappa shape index (κ1) is 27.1. The van der Waals surface area contributed by atoms with Gasteiger partial charge in [0.05, 0.1) is 23.7 Å². The van der Waals surface area contributed by atoms with Crippen LogP contribution in [0.3, 0.4) is 0 Å². The SMILES string of the molecule is CC(=O)N(CC1CCC(N2CC(NC(=O)CNc3ncnc4ccc(C(F)(F)F)cc34)C2)CC1)C(C)C. The van der Waals surface area contributed by atoms with Crippen LogP contribution in [0.25, 0.3) is 10.9 Å². The number of carbonyl (C=O) groups excluding carboxylic acids is 2. The van der Waals surface area contributed by atoms with Crippen LogP contribution < -0.4 is 10.6 Å². The van der Waals surface area contributed by atoms with Crippen LogP contribution in [0, 0.1) is 5.92 Å². The number of halogens is 3. The molecule has 0 radical (unpaired) electrons. The zero-order valence-corrected chi connectivity index (χ0v) is 21.5. The summed E-state index contributed by atoms with van der Waals surface area (Å²) in [7, 11) is 0. The van der Waals surface area contributed by atoms with Crippen molar-refractivity contribution < 1.29 is 22.8 Å². The number of aromatic nitrogens is 2. The molecule has 0 bridgehead atoms. The Bertz CT molecular complexity index is 1110. The summed E-state index contributed by atoms with van der Waals surface area (Å²) in [6.07, 6.45) is 1.17. The van der Waals surface area contributed by atoms with Crippen molar-refractivity contribution in [1.29, 1.82) is 0 Å².